The predicted octanol–water partition coefficient (Wildman–Crippen LogP) is 4.45. The number of thioether (sulfide) groups is 1. The van der Waals surface area contributed by atoms with E-state index in [1.807, 2.05) is 24.3 Å². The van der Waals surface area contributed by atoms with Crippen LogP contribution < -0.4 is 5.32 Å². The summed E-state index contributed by atoms with van der Waals surface area (Å²) in [7, 11) is -3.44. The maximum Gasteiger partial charge on any atom is 0.243 e. The number of benzene rings is 2. The van der Waals surface area contributed by atoms with Crippen molar-refractivity contribution in [1.29, 1.82) is 0 Å². The number of carbonyl (C=O) groups excluding carboxylic acids is 1. The largest absolute Gasteiger partial charge is 0.326 e. The number of anilines is 1. The summed E-state index contributed by atoms with van der Waals surface area (Å²) in [5.74, 6) is 0.498. The van der Waals surface area contributed by atoms with Gasteiger partial charge in [0.15, 0.2) is 0 Å². The number of pyridine rings is 1. The Bertz CT molecular complexity index is 1190. The Morgan fingerprint density at radius 2 is 1.81 bits per heavy atom. The molecule has 1 aromatic heterocycles. The van der Waals surface area contributed by atoms with Gasteiger partial charge in [0.1, 0.15) is 0 Å². The zero-order valence-corrected chi connectivity index (χ0v) is 19.0. The number of nitrogens with one attached hydrogen (secondary N) is 1. The Kier molecular flexibility index (Phi) is 6.60. The van der Waals surface area contributed by atoms with Crippen LogP contribution in [0.5, 0.6) is 0 Å². The quantitative estimate of drug-likeness (QED) is 0.533. The molecule has 1 fully saturated rings. The number of nitrogens with zero attached hydrogens (tertiary/aromatic N) is 2. The van der Waals surface area contributed by atoms with E-state index in [-0.39, 0.29) is 10.8 Å². The second-order valence-corrected chi connectivity index (χ2v) is 10.6. The molecule has 162 valence electrons. The lowest BCUT2D eigenvalue weighted by Crippen LogP contribution is -2.27. The fourth-order valence-electron chi connectivity index (χ4n) is 3.65. The van der Waals surface area contributed by atoms with Crippen molar-refractivity contribution in [1.82, 2.24) is 9.29 Å². The summed E-state index contributed by atoms with van der Waals surface area (Å²) in [5, 5.41) is 4.88. The molecule has 0 bridgehead atoms. The molecule has 0 spiro atoms. The molecule has 3 aromatic rings. The first-order valence-corrected chi connectivity index (χ1v) is 12.8. The predicted molar refractivity (Wildman–Crippen MR) is 125 cm³/mol. The third-order valence-corrected chi connectivity index (χ3v) is 8.15. The molecule has 1 aliphatic rings. The lowest BCUT2D eigenvalue weighted by atomic mass is 10.1. The highest BCUT2D eigenvalue weighted by atomic mass is 32.2. The Morgan fingerprint density at radius 3 is 2.55 bits per heavy atom. The van der Waals surface area contributed by atoms with Crippen LogP contribution in [-0.2, 0) is 14.8 Å². The molecule has 6 nitrogen and oxygen atoms in total. The molecule has 1 amide bonds. The van der Waals surface area contributed by atoms with Crippen LogP contribution in [-0.4, -0.2) is 42.5 Å². The fraction of sp³-hybridized carbons (Fsp3) is 0.304. The molecule has 0 unspecified atom stereocenters. The van der Waals surface area contributed by atoms with Gasteiger partial charge in [0, 0.05) is 36.3 Å². The van der Waals surface area contributed by atoms with Crippen molar-refractivity contribution in [2.45, 2.75) is 36.1 Å². The van der Waals surface area contributed by atoms with Gasteiger partial charge in [0.2, 0.25) is 15.9 Å². The van der Waals surface area contributed by atoms with Gasteiger partial charge in [-0.3, -0.25) is 4.79 Å². The Labute approximate surface area is 187 Å². The molecule has 0 atom stereocenters. The molecule has 1 N–H and O–H groups in total. The van der Waals surface area contributed by atoms with Crippen LogP contribution in [0, 0.1) is 6.92 Å². The number of aryl methyl sites for hydroxylation is 1. The highest BCUT2D eigenvalue weighted by Crippen LogP contribution is 2.25. The minimum atomic E-state index is -3.44. The van der Waals surface area contributed by atoms with Gasteiger partial charge in [-0.25, -0.2) is 13.4 Å². The summed E-state index contributed by atoms with van der Waals surface area (Å²) in [6.07, 6.45) is 2.14. The summed E-state index contributed by atoms with van der Waals surface area (Å²) in [6.45, 7) is 3.21. The molecule has 1 aliphatic heterocycles. The summed E-state index contributed by atoms with van der Waals surface area (Å²) >= 11 is 1.55. The SMILES string of the molecule is Cc1cc(SCCC(=O)Nc2ccc(S(=O)(=O)N3CCCC3)cc2)nc2ccccc12. The van der Waals surface area contributed by atoms with Gasteiger partial charge in [0.25, 0.3) is 0 Å². The average Bonchev–Trinajstić information content (AvgIpc) is 3.30. The van der Waals surface area contributed by atoms with Gasteiger partial charge in [-0.05, 0) is 61.7 Å². The van der Waals surface area contributed by atoms with Gasteiger partial charge in [-0.1, -0.05) is 18.2 Å². The Hall–Kier alpha value is -2.42. The molecule has 1 saturated heterocycles. The normalized spacial score (nSPS) is 14.7. The van der Waals surface area contributed by atoms with Crippen molar-refractivity contribution in [2.75, 3.05) is 24.2 Å². The number of amides is 1. The first-order chi connectivity index (χ1) is 14.9. The third kappa shape index (κ3) is 5.08. The molecule has 0 radical (unpaired) electrons. The Morgan fingerprint density at radius 1 is 1.10 bits per heavy atom. The first-order valence-electron chi connectivity index (χ1n) is 10.3. The molecular weight excluding hydrogens is 430 g/mol. The lowest BCUT2D eigenvalue weighted by molar-refractivity contribution is -0.115. The molecule has 2 heterocycles. The number of sulfonamides is 1. The van der Waals surface area contributed by atoms with E-state index in [1.165, 1.54) is 9.87 Å². The van der Waals surface area contributed by atoms with Crippen LogP contribution in [0.1, 0.15) is 24.8 Å². The molecular formula is C23H25N3O3S2. The minimum Gasteiger partial charge on any atom is -0.326 e. The molecule has 4 rings (SSSR count). The highest BCUT2D eigenvalue weighted by molar-refractivity contribution is 7.99. The molecule has 2 aromatic carbocycles. The standard InChI is InChI=1S/C23H25N3O3S2/c1-17-16-23(25-21-7-3-2-6-20(17)21)30-15-12-22(27)24-18-8-10-19(11-9-18)31(28,29)26-13-4-5-14-26/h2-3,6-11,16H,4-5,12-15H2,1H3,(H,24,27). The smallest absolute Gasteiger partial charge is 0.243 e. The van der Waals surface area contributed by atoms with Crippen LogP contribution in [0.15, 0.2) is 64.5 Å². The zero-order valence-electron chi connectivity index (χ0n) is 17.4. The van der Waals surface area contributed by atoms with Crippen molar-refractivity contribution in [3.05, 3.63) is 60.2 Å². The second kappa shape index (κ2) is 9.38. The van der Waals surface area contributed by atoms with E-state index in [0.717, 1.165) is 28.8 Å². The lowest BCUT2D eigenvalue weighted by Gasteiger charge is -2.15. The van der Waals surface area contributed by atoms with Crippen LogP contribution in [0.3, 0.4) is 0 Å². The third-order valence-electron chi connectivity index (χ3n) is 5.32. The molecule has 0 saturated carbocycles. The van der Waals surface area contributed by atoms with E-state index in [4.69, 9.17) is 0 Å². The van der Waals surface area contributed by atoms with E-state index in [1.54, 1.807) is 36.0 Å². The van der Waals surface area contributed by atoms with Crippen molar-refractivity contribution >= 4 is 44.3 Å². The Balaban J connectivity index is 1.31. The van der Waals surface area contributed by atoms with Gasteiger partial charge < -0.3 is 5.32 Å². The minimum absolute atomic E-state index is 0.111. The van der Waals surface area contributed by atoms with Crippen LogP contribution in [0.4, 0.5) is 5.69 Å². The first kappa shape index (κ1) is 21.8. The van der Waals surface area contributed by atoms with Gasteiger partial charge in [-0.15, -0.1) is 11.8 Å². The van der Waals surface area contributed by atoms with E-state index in [9.17, 15) is 13.2 Å². The van der Waals surface area contributed by atoms with Gasteiger partial charge >= 0.3 is 0 Å². The number of aromatic nitrogens is 1. The summed E-state index contributed by atoms with van der Waals surface area (Å²) in [5.41, 5.74) is 2.72. The van der Waals surface area contributed by atoms with Crippen LogP contribution in [0.25, 0.3) is 10.9 Å². The van der Waals surface area contributed by atoms with E-state index in [0.29, 0.717) is 31.0 Å². The van der Waals surface area contributed by atoms with E-state index < -0.39 is 10.0 Å². The highest BCUT2D eigenvalue weighted by Gasteiger charge is 2.26. The van der Waals surface area contributed by atoms with Crippen LogP contribution >= 0.6 is 11.8 Å². The maximum atomic E-state index is 12.6. The molecule has 0 aliphatic carbocycles. The molecule has 8 heteroatoms. The van der Waals surface area contributed by atoms with Crippen molar-refractivity contribution in [2.24, 2.45) is 0 Å². The summed E-state index contributed by atoms with van der Waals surface area (Å²) in [6, 6.07) is 16.5. The number of hydrogen-bond acceptors (Lipinski definition) is 5. The van der Waals surface area contributed by atoms with Gasteiger partial charge in [-0.2, -0.15) is 4.31 Å². The second-order valence-electron chi connectivity index (χ2n) is 7.58. The maximum absolute atomic E-state index is 12.6. The van der Waals surface area contributed by atoms with Crippen molar-refractivity contribution < 1.29 is 13.2 Å². The number of carbonyl (C=O) groups is 1. The van der Waals surface area contributed by atoms with E-state index in [2.05, 4.69) is 23.3 Å². The zero-order chi connectivity index (χ0) is 21.8. The van der Waals surface area contributed by atoms with Crippen LogP contribution in [0.2, 0.25) is 0 Å². The summed E-state index contributed by atoms with van der Waals surface area (Å²) < 4.78 is 26.7. The topological polar surface area (TPSA) is 79.4 Å². The molecule has 31 heavy (non-hydrogen) atoms. The number of hydrogen-bond donors (Lipinski definition) is 1. The van der Waals surface area contributed by atoms with Gasteiger partial charge in [0.05, 0.1) is 15.4 Å². The summed E-state index contributed by atoms with van der Waals surface area (Å²) in [4.78, 5) is 17.2. The van der Waals surface area contributed by atoms with Crippen molar-refractivity contribution in [3.63, 3.8) is 0 Å². The average molecular weight is 456 g/mol. The number of para-hydroxylation sites is 1. The van der Waals surface area contributed by atoms with Crippen molar-refractivity contribution in [3.8, 4) is 0 Å². The number of fused-ring (bicyclic) bond motifs is 1. The monoisotopic (exact) mass is 455 g/mol. The fourth-order valence-corrected chi connectivity index (χ4v) is 6.09. The van der Waals surface area contributed by atoms with E-state index >= 15 is 0 Å². The number of rotatable bonds is 7.